The first-order valence-electron chi connectivity index (χ1n) is 4.57. The molecule has 1 aromatic rings. The standard InChI is InChI=1S/C11H13O2/c1-12-10-4-2-3-5-11(10)13-8-9-6-7-9/h2,4-5,9H,6-8H2,1H3. The number of hydrogen-bond acceptors (Lipinski definition) is 2. The van der Waals surface area contributed by atoms with Gasteiger partial charge in [0.15, 0.2) is 11.5 Å². The molecular weight excluding hydrogens is 164 g/mol. The van der Waals surface area contributed by atoms with E-state index in [0.29, 0.717) is 0 Å². The monoisotopic (exact) mass is 177 g/mol. The van der Waals surface area contributed by atoms with E-state index in [4.69, 9.17) is 9.47 Å². The fraction of sp³-hybridized carbons (Fsp3) is 0.455. The topological polar surface area (TPSA) is 18.5 Å². The molecule has 2 rings (SSSR count). The van der Waals surface area contributed by atoms with Crippen LogP contribution in [0, 0.1) is 12.0 Å². The van der Waals surface area contributed by atoms with Gasteiger partial charge in [0, 0.05) is 0 Å². The van der Waals surface area contributed by atoms with E-state index in [1.807, 2.05) is 18.2 Å². The zero-order valence-corrected chi connectivity index (χ0v) is 7.75. The quantitative estimate of drug-likeness (QED) is 0.702. The molecule has 69 valence electrons. The first-order valence-corrected chi connectivity index (χ1v) is 4.57. The van der Waals surface area contributed by atoms with Crippen LogP contribution < -0.4 is 9.47 Å². The van der Waals surface area contributed by atoms with Crippen molar-refractivity contribution in [1.29, 1.82) is 0 Å². The number of benzene rings is 1. The van der Waals surface area contributed by atoms with Crippen molar-refractivity contribution in [2.75, 3.05) is 13.7 Å². The minimum absolute atomic E-state index is 0.768. The van der Waals surface area contributed by atoms with E-state index < -0.39 is 0 Å². The highest BCUT2D eigenvalue weighted by Gasteiger charge is 2.22. The normalized spacial score (nSPS) is 15.5. The summed E-state index contributed by atoms with van der Waals surface area (Å²) in [6, 6.07) is 8.48. The molecule has 0 amide bonds. The fourth-order valence-corrected chi connectivity index (χ4v) is 1.17. The van der Waals surface area contributed by atoms with Gasteiger partial charge in [-0.15, -0.1) is 0 Å². The molecule has 0 heterocycles. The minimum atomic E-state index is 0.768. The van der Waals surface area contributed by atoms with E-state index >= 15 is 0 Å². The molecule has 1 aromatic carbocycles. The second kappa shape index (κ2) is 3.69. The molecule has 13 heavy (non-hydrogen) atoms. The molecule has 0 aliphatic heterocycles. The number of rotatable bonds is 4. The van der Waals surface area contributed by atoms with Crippen molar-refractivity contribution in [2.24, 2.45) is 5.92 Å². The van der Waals surface area contributed by atoms with E-state index in [-0.39, 0.29) is 0 Å². The SMILES string of the molecule is COc1cc[c]cc1OCC1CC1. The Kier molecular flexibility index (Phi) is 2.39. The molecule has 1 fully saturated rings. The van der Waals surface area contributed by atoms with Crippen molar-refractivity contribution in [2.45, 2.75) is 12.8 Å². The van der Waals surface area contributed by atoms with Gasteiger partial charge in [-0.25, -0.2) is 0 Å². The first kappa shape index (κ1) is 8.42. The van der Waals surface area contributed by atoms with Crippen molar-refractivity contribution in [3.05, 3.63) is 24.3 Å². The zero-order valence-electron chi connectivity index (χ0n) is 7.75. The molecule has 0 aromatic heterocycles. The van der Waals surface area contributed by atoms with E-state index in [1.54, 1.807) is 7.11 Å². The van der Waals surface area contributed by atoms with E-state index in [0.717, 1.165) is 24.0 Å². The van der Waals surface area contributed by atoms with E-state index in [9.17, 15) is 0 Å². The molecule has 0 atom stereocenters. The molecule has 2 nitrogen and oxygen atoms in total. The molecule has 1 aliphatic carbocycles. The third-order valence-corrected chi connectivity index (χ3v) is 2.18. The predicted octanol–water partition coefficient (Wildman–Crippen LogP) is 2.28. The Labute approximate surface area is 78.5 Å². The summed E-state index contributed by atoms with van der Waals surface area (Å²) in [5.41, 5.74) is 0. The zero-order chi connectivity index (χ0) is 9.10. The molecule has 0 spiro atoms. The lowest BCUT2D eigenvalue weighted by molar-refractivity contribution is 0.280. The highest BCUT2D eigenvalue weighted by molar-refractivity contribution is 5.38. The van der Waals surface area contributed by atoms with Crippen LogP contribution >= 0.6 is 0 Å². The van der Waals surface area contributed by atoms with Gasteiger partial charge in [0.05, 0.1) is 13.7 Å². The van der Waals surface area contributed by atoms with Crippen LogP contribution in [-0.2, 0) is 0 Å². The summed E-state index contributed by atoms with van der Waals surface area (Å²) >= 11 is 0. The summed E-state index contributed by atoms with van der Waals surface area (Å²) in [6.07, 6.45) is 2.61. The summed E-state index contributed by atoms with van der Waals surface area (Å²) in [4.78, 5) is 0. The Morgan fingerprint density at radius 2 is 2.31 bits per heavy atom. The lowest BCUT2D eigenvalue weighted by Crippen LogP contribution is -2.00. The highest BCUT2D eigenvalue weighted by atomic mass is 16.5. The van der Waals surface area contributed by atoms with Crippen LogP contribution in [0.3, 0.4) is 0 Å². The van der Waals surface area contributed by atoms with Gasteiger partial charge in [0.25, 0.3) is 0 Å². The lowest BCUT2D eigenvalue weighted by atomic mass is 10.3. The van der Waals surface area contributed by atoms with Crippen LogP contribution in [0.2, 0.25) is 0 Å². The Hall–Kier alpha value is -1.18. The van der Waals surface area contributed by atoms with Gasteiger partial charge in [-0.3, -0.25) is 0 Å². The summed E-state index contributed by atoms with van der Waals surface area (Å²) in [5.74, 6) is 2.36. The van der Waals surface area contributed by atoms with Crippen molar-refractivity contribution in [1.82, 2.24) is 0 Å². The van der Waals surface area contributed by atoms with E-state index in [2.05, 4.69) is 6.07 Å². The number of ether oxygens (including phenoxy) is 2. The Morgan fingerprint density at radius 3 is 3.00 bits per heavy atom. The fourth-order valence-electron chi connectivity index (χ4n) is 1.17. The van der Waals surface area contributed by atoms with Crippen LogP contribution in [0.1, 0.15) is 12.8 Å². The van der Waals surface area contributed by atoms with Gasteiger partial charge in [-0.05, 0) is 37.0 Å². The van der Waals surface area contributed by atoms with Gasteiger partial charge in [0.2, 0.25) is 0 Å². The summed E-state index contributed by atoms with van der Waals surface area (Å²) < 4.78 is 10.7. The molecule has 1 radical (unpaired) electrons. The van der Waals surface area contributed by atoms with Crippen molar-refractivity contribution >= 4 is 0 Å². The summed E-state index contributed by atoms with van der Waals surface area (Å²) in [7, 11) is 1.65. The maximum absolute atomic E-state index is 5.60. The van der Waals surface area contributed by atoms with Crippen molar-refractivity contribution < 1.29 is 9.47 Å². The smallest absolute Gasteiger partial charge is 0.161 e. The Balaban J connectivity index is 1.99. The van der Waals surface area contributed by atoms with Crippen LogP contribution in [0.4, 0.5) is 0 Å². The third kappa shape index (κ3) is 2.14. The average Bonchev–Trinajstić information content (AvgIpc) is 2.99. The maximum Gasteiger partial charge on any atom is 0.161 e. The van der Waals surface area contributed by atoms with Crippen LogP contribution in [0.25, 0.3) is 0 Å². The summed E-state index contributed by atoms with van der Waals surface area (Å²) in [5, 5.41) is 0. The van der Waals surface area contributed by atoms with Crippen molar-refractivity contribution in [3.63, 3.8) is 0 Å². The Bertz CT molecular complexity index is 279. The molecule has 1 saturated carbocycles. The van der Waals surface area contributed by atoms with Gasteiger partial charge in [-0.2, -0.15) is 0 Å². The van der Waals surface area contributed by atoms with Crippen molar-refractivity contribution in [3.8, 4) is 11.5 Å². The Morgan fingerprint density at radius 1 is 1.46 bits per heavy atom. The van der Waals surface area contributed by atoms with E-state index in [1.165, 1.54) is 12.8 Å². The highest BCUT2D eigenvalue weighted by Crippen LogP contribution is 2.32. The maximum atomic E-state index is 5.60. The average molecular weight is 177 g/mol. The predicted molar refractivity (Wildman–Crippen MR) is 50.0 cm³/mol. The molecule has 0 saturated heterocycles. The van der Waals surface area contributed by atoms with Crippen LogP contribution in [-0.4, -0.2) is 13.7 Å². The largest absolute Gasteiger partial charge is 0.493 e. The second-order valence-electron chi connectivity index (χ2n) is 3.33. The minimum Gasteiger partial charge on any atom is -0.493 e. The third-order valence-electron chi connectivity index (χ3n) is 2.18. The molecule has 0 unspecified atom stereocenters. The molecule has 0 bridgehead atoms. The number of hydrogen-bond donors (Lipinski definition) is 0. The van der Waals surface area contributed by atoms with Gasteiger partial charge >= 0.3 is 0 Å². The molecule has 1 aliphatic rings. The van der Waals surface area contributed by atoms with Gasteiger partial charge < -0.3 is 9.47 Å². The first-order chi connectivity index (χ1) is 6.40. The van der Waals surface area contributed by atoms with Gasteiger partial charge in [-0.1, -0.05) is 6.07 Å². The second-order valence-corrected chi connectivity index (χ2v) is 3.33. The lowest BCUT2D eigenvalue weighted by Gasteiger charge is -2.08. The molecule has 2 heteroatoms. The summed E-state index contributed by atoms with van der Waals surface area (Å²) in [6.45, 7) is 0.814. The van der Waals surface area contributed by atoms with Crippen LogP contribution in [0.5, 0.6) is 11.5 Å². The molecule has 0 N–H and O–H groups in total. The van der Waals surface area contributed by atoms with Crippen LogP contribution in [0.15, 0.2) is 18.2 Å². The van der Waals surface area contributed by atoms with Gasteiger partial charge in [0.1, 0.15) is 0 Å². The molecular formula is C11H13O2. The number of methoxy groups -OCH3 is 1.